The number of carbonyl (C=O) groups is 1. The Labute approximate surface area is 145 Å². The number of rotatable bonds is 4. The van der Waals surface area contributed by atoms with Crippen molar-refractivity contribution in [2.24, 2.45) is 0 Å². The zero-order valence-corrected chi connectivity index (χ0v) is 14.9. The topological polar surface area (TPSA) is 78.5 Å². The SMILES string of the molecule is CS(=O)(=O)N1CCCc2ccc(NC(=O)NCc3cccs3)cc21. The van der Waals surface area contributed by atoms with Crippen LogP contribution < -0.4 is 14.9 Å². The molecule has 0 bridgehead atoms. The molecule has 1 aromatic carbocycles. The molecular weight excluding hydrogens is 346 g/mol. The van der Waals surface area contributed by atoms with E-state index in [2.05, 4.69) is 10.6 Å². The molecule has 0 saturated heterocycles. The number of benzene rings is 1. The van der Waals surface area contributed by atoms with Gasteiger partial charge in [-0.1, -0.05) is 12.1 Å². The fraction of sp³-hybridized carbons (Fsp3) is 0.312. The quantitative estimate of drug-likeness (QED) is 0.874. The van der Waals surface area contributed by atoms with E-state index in [-0.39, 0.29) is 6.03 Å². The first-order chi connectivity index (χ1) is 11.4. The number of thiophene rings is 1. The zero-order chi connectivity index (χ0) is 17.2. The number of urea groups is 1. The molecule has 3 rings (SSSR count). The second kappa shape index (κ2) is 6.82. The molecule has 1 aliphatic heterocycles. The number of amides is 2. The van der Waals surface area contributed by atoms with E-state index in [1.54, 1.807) is 23.5 Å². The molecule has 2 heterocycles. The van der Waals surface area contributed by atoms with Crippen LogP contribution >= 0.6 is 11.3 Å². The van der Waals surface area contributed by atoms with Crippen LogP contribution in [0.25, 0.3) is 0 Å². The highest BCUT2D eigenvalue weighted by Gasteiger charge is 2.24. The number of anilines is 2. The standard InChI is InChI=1S/C16H19N3O3S2/c1-24(21,22)19-8-2-4-12-6-7-13(10-15(12)19)18-16(20)17-11-14-5-3-9-23-14/h3,5-7,9-10H,2,4,8,11H2,1H3,(H2,17,18,20). The third-order valence-electron chi connectivity index (χ3n) is 3.82. The van der Waals surface area contributed by atoms with Crippen LogP contribution in [0.5, 0.6) is 0 Å². The Morgan fingerprint density at radius 3 is 2.88 bits per heavy atom. The largest absolute Gasteiger partial charge is 0.333 e. The molecule has 2 amide bonds. The van der Waals surface area contributed by atoms with Gasteiger partial charge in [0, 0.05) is 17.1 Å². The van der Waals surface area contributed by atoms with Crippen molar-refractivity contribution in [2.75, 3.05) is 22.4 Å². The van der Waals surface area contributed by atoms with Crippen LogP contribution in [0.1, 0.15) is 16.9 Å². The molecule has 6 nitrogen and oxygen atoms in total. The molecule has 128 valence electrons. The molecule has 0 spiro atoms. The molecule has 0 aliphatic carbocycles. The van der Waals surface area contributed by atoms with Gasteiger partial charge in [-0.3, -0.25) is 4.31 Å². The fourth-order valence-electron chi connectivity index (χ4n) is 2.72. The van der Waals surface area contributed by atoms with Crippen molar-refractivity contribution in [3.8, 4) is 0 Å². The second-order valence-corrected chi connectivity index (χ2v) is 8.61. The Hall–Kier alpha value is -2.06. The lowest BCUT2D eigenvalue weighted by Gasteiger charge is -2.29. The van der Waals surface area contributed by atoms with Crippen LogP contribution in [0.3, 0.4) is 0 Å². The lowest BCUT2D eigenvalue weighted by Crippen LogP contribution is -2.34. The minimum atomic E-state index is -3.32. The summed E-state index contributed by atoms with van der Waals surface area (Å²) in [5.41, 5.74) is 2.21. The Morgan fingerprint density at radius 1 is 1.33 bits per heavy atom. The molecule has 8 heteroatoms. The van der Waals surface area contributed by atoms with Crippen LogP contribution in [0, 0.1) is 0 Å². The minimum Gasteiger partial charge on any atom is -0.333 e. The maximum absolute atomic E-state index is 12.0. The molecule has 2 aromatic rings. The Bertz CT molecular complexity index is 832. The van der Waals surface area contributed by atoms with Gasteiger partial charge in [-0.15, -0.1) is 11.3 Å². The van der Waals surface area contributed by atoms with Crippen LogP contribution in [-0.2, 0) is 23.0 Å². The van der Waals surface area contributed by atoms with Gasteiger partial charge >= 0.3 is 6.03 Å². The fourth-order valence-corrected chi connectivity index (χ4v) is 4.35. The van der Waals surface area contributed by atoms with Crippen molar-refractivity contribution in [1.29, 1.82) is 0 Å². The monoisotopic (exact) mass is 365 g/mol. The van der Waals surface area contributed by atoms with Crippen molar-refractivity contribution in [1.82, 2.24) is 5.32 Å². The van der Waals surface area contributed by atoms with Crippen molar-refractivity contribution in [3.05, 3.63) is 46.2 Å². The molecule has 24 heavy (non-hydrogen) atoms. The first kappa shape index (κ1) is 16.8. The molecule has 0 unspecified atom stereocenters. The summed E-state index contributed by atoms with van der Waals surface area (Å²) >= 11 is 1.58. The van der Waals surface area contributed by atoms with Gasteiger partial charge in [0.1, 0.15) is 0 Å². The number of fused-ring (bicyclic) bond motifs is 1. The molecule has 0 atom stereocenters. The van der Waals surface area contributed by atoms with Gasteiger partial charge in [0.2, 0.25) is 10.0 Å². The molecule has 1 aliphatic rings. The number of carbonyl (C=O) groups excluding carboxylic acids is 1. The number of nitrogens with one attached hydrogen (secondary N) is 2. The van der Waals surface area contributed by atoms with E-state index in [0.717, 1.165) is 23.3 Å². The summed E-state index contributed by atoms with van der Waals surface area (Å²) in [5, 5.41) is 7.50. The molecule has 0 radical (unpaired) electrons. The molecule has 1 aromatic heterocycles. The molecule has 0 saturated carbocycles. The third-order valence-corrected chi connectivity index (χ3v) is 5.88. The first-order valence-corrected chi connectivity index (χ1v) is 10.3. The predicted octanol–water partition coefficient (Wildman–Crippen LogP) is 2.78. The van der Waals surface area contributed by atoms with E-state index in [9.17, 15) is 13.2 Å². The van der Waals surface area contributed by atoms with Gasteiger partial charge in [-0.2, -0.15) is 0 Å². The summed E-state index contributed by atoms with van der Waals surface area (Å²) in [6.45, 7) is 0.934. The van der Waals surface area contributed by atoms with Crippen molar-refractivity contribution in [2.45, 2.75) is 19.4 Å². The highest BCUT2D eigenvalue weighted by molar-refractivity contribution is 7.92. The molecular formula is C16H19N3O3S2. The summed E-state index contributed by atoms with van der Waals surface area (Å²) in [4.78, 5) is 13.1. The Morgan fingerprint density at radius 2 is 2.17 bits per heavy atom. The van der Waals surface area contributed by atoms with E-state index in [1.807, 2.05) is 23.6 Å². The van der Waals surface area contributed by atoms with Gasteiger partial charge in [0.25, 0.3) is 0 Å². The lowest BCUT2D eigenvalue weighted by molar-refractivity contribution is 0.252. The maximum Gasteiger partial charge on any atom is 0.319 e. The smallest absolute Gasteiger partial charge is 0.319 e. The summed E-state index contributed by atoms with van der Waals surface area (Å²) in [5.74, 6) is 0. The van der Waals surface area contributed by atoms with Gasteiger partial charge < -0.3 is 10.6 Å². The van der Waals surface area contributed by atoms with E-state index in [0.29, 0.717) is 24.5 Å². The number of nitrogens with zero attached hydrogens (tertiary/aromatic N) is 1. The predicted molar refractivity (Wildman–Crippen MR) is 97.1 cm³/mol. The van der Waals surface area contributed by atoms with Gasteiger partial charge in [0.15, 0.2) is 0 Å². The first-order valence-electron chi connectivity index (χ1n) is 7.61. The number of aryl methyl sites for hydroxylation is 1. The summed E-state index contributed by atoms with van der Waals surface area (Å²) in [6, 6.07) is 8.97. The van der Waals surface area contributed by atoms with Crippen molar-refractivity contribution < 1.29 is 13.2 Å². The zero-order valence-electron chi connectivity index (χ0n) is 13.3. The van der Waals surface area contributed by atoms with E-state index >= 15 is 0 Å². The average Bonchev–Trinajstić information content (AvgIpc) is 3.05. The van der Waals surface area contributed by atoms with Crippen molar-refractivity contribution in [3.63, 3.8) is 0 Å². The Balaban J connectivity index is 1.72. The number of sulfonamides is 1. The lowest BCUT2D eigenvalue weighted by atomic mass is 10.0. The van der Waals surface area contributed by atoms with Crippen LogP contribution in [0.2, 0.25) is 0 Å². The normalized spacial score (nSPS) is 14.1. The van der Waals surface area contributed by atoms with Gasteiger partial charge in [-0.05, 0) is 42.0 Å². The second-order valence-electron chi connectivity index (χ2n) is 5.67. The van der Waals surface area contributed by atoms with Gasteiger partial charge in [-0.25, -0.2) is 13.2 Å². The molecule has 0 fully saturated rings. The van der Waals surface area contributed by atoms with E-state index in [1.165, 1.54) is 10.6 Å². The molecule has 2 N–H and O–H groups in total. The summed E-state index contributed by atoms with van der Waals surface area (Å²) < 4.78 is 25.3. The van der Waals surface area contributed by atoms with Crippen LogP contribution in [0.4, 0.5) is 16.2 Å². The van der Waals surface area contributed by atoms with Crippen molar-refractivity contribution >= 4 is 38.8 Å². The minimum absolute atomic E-state index is 0.315. The maximum atomic E-state index is 12.0. The van der Waals surface area contributed by atoms with Crippen LogP contribution in [0.15, 0.2) is 35.7 Å². The number of hydrogen-bond donors (Lipinski definition) is 2. The van der Waals surface area contributed by atoms with Gasteiger partial charge in [0.05, 0.1) is 18.5 Å². The van der Waals surface area contributed by atoms with Crippen LogP contribution in [-0.4, -0.2) is 27.2 Å². The average molecular weight is 365 g/mol. The summed E-state index contributed by atoms with van der Waals surface area (Å²) in [7, 11) is -3.32. The van der Waals surface area contributed by atoms with E-state index < -0.39 is 10.0 Å². The number of hydrogen-bond acceptors (Lipinski definition) is 4. The third kappa shape index (κ3) is 3.88. The van der Waals surface area contributed by atoms with E-state index in [4.69, 9.17) is 0 Å². The highest BCUT2D eigenvalue weighted by atomic mass is 32.2. The summed E-state index contributed by atoms with van der Waals surface area (Å²) in [6.07, 6.45) is 2.84. The highest BCUT2D eigenvalue weighted by Crippen LogP contribution is 2.31. The Kier molecular flexibility index (Phi) is 4.77.